The van der Waals surface area contributed by atoms with Crippen LogP contribution in [0.15, 0.2) is 0 Å². The average molecular weight is 625 g/mol. The van der Waals surface area contributed by atoms with Gasteiger partial charge in [0.2, 0.25) is 0 Å². The van der Waals surface area contributed by atoms with E-state index in [4.69, 9.17) is 4.74 Å². The molecule has 0 heterocycles. The first-order chi connectivity index (χ1) is 14.4. The zero-order chi connectivity index (χ0) is 22.6. The molecule has 0 amide bonds. The van der Waals surface area contributed by atoms with Gasteiger partial charge in [0.15, 0.2) is 5.78 Å². The summed E-state index contributed by atoms with van der Waals surface area (Å²) in [7, 11) is 0. The normalized spacial score (nSPS) is 57.2. The lowest BCUT2D eigenvalue weighted by Gasteiger charge is -2.66. The molecule has 0 aromatic rings. The van der Waals surface area contributed by atoms with Crippen LogP contribution < -0.4 is 0 Å². The molecule has 5 saturated carbocycles. The van der Waals surface area contributed by atoms with E-state index in [9.17, 15) is 14.7 Å². The summed E-state index contributed by atoms with van der Waals surface area (Å²) < 4.78 is 5.53. The summed E-state index contributed by atoms with van der Waals surface area (Å²) in [5.41, 5.74) is -1.40. The van der Waals surface area contributed by atoms with Gasteiger partial charge < -0.3 is 9.84 Å². The third-order valence-corrected chi connectivity index (χ3v) is 14.6. The SMILES string of the molecule is CC(=O)O[C@H]1CC[C@]2(C)[C@H]3CC[C@@]4(C)[C@@H]([C@H]5C[C@H]5[C@]4(O)C(=O)CBr)[C@@H]3C[C@@H](Br)[C@@]2(Br)C1. The minimum absolute atomic E-state index is 0.0161. The molecule has 0 aromatic carbocycles. The van der Waals surface area contributed by atoms with E-state index in [0.29, 0.717) is 23.7 Å². The van der Waals surface area contributed by atoms with Crippen LogP contribution in [0.3, 0.4) is 0 Å². The van der Waals surface area contributed by atoms with E-state index < -0.39 is 5.60 Å². The van der Waals surface area contributed by atoms with Crippen molar-refractivity contribution in [1.82, 2.24) is 0 Å². The number of carbonyl (C=O) groups is 2. The number of halogens is 3. The van der Waals surface area contributed by atoms with Crippen molar-refractivity contribution in [1.29, 1.82) is 0 Å². The third-order valence-electron chi connectivity index (χ3n) is 10.5. The molecule has 5 fully saturated rings. The van der Waals surface area contributed by atoms with E-state index in [1.807, 2.05) is 0 Å². The number of rotatable bonds is 3. The lowest BCUT2D eigenvalue weighted by molar-refractivity contribution is -0.178. The van der Waals surface area contributed by atoms with E-state index in [0.717, 1.165) is 44.9 Å². The maximum Gasteiger partial charge on any atom is 0.302 e. The van der Waals surface area contributed by atoms with Crippen LogP contribution in [0.1, 0.15) is 65.7 Å². The molecule has 31 heavy (non-hydrogen) atoms. The Hall–Kier alpha value is 0.540. The van der Waals surface area contributed by atoms with Crippen LogP contribution in [-0.4, -0.2) is 43.0 Å². The van der Waals surface area contributed by atoms with Gasteiger partial charge in [0.25, 0.3) is 0 Å². The van der Waals surface area contributed by atoms with E-state index in [1.54, 1.807) is 0 Å². The fraction of sp³-hybridized carbons (Fsp3) is 0.917. The van der Waals surface area contributed by atoms with Crippen LogP contribution in [0, 0.1) is 40.4 Å². The Kier molecular flexibility index (Phi) is 5.46. The van der Waals surface area contributed by atoms with E-state index in [-0.39, 0.29) is 49.1 Å². The molecule has 11 atom stereocenters. The van der Waals surface area contributed by atoms with Crippen LogP contribution in [0.5, 0.6) is 0 Å². The largest absolute Gasteiger partial charge is 0.463 e. The first-order valence-corrected chi connectivity index (χ1v) is 14.6. The molecule has 0 aromatic heterocycles. The van der Waals surface area contributed by atoms with Crippen molar-refractivity contribution in [2.45, 2.75) is 86.6 Å². The van der Waals surface area contributed by atoms with Crippen molar-refractivity contribution in [2.75, 3.05) is 5.33 Å². The van der Waals surface area contributed by atoms with Crippen molar-refractivity contribution >= 4 is 59.5 Å². The van der Waals surface area contributed by atoms with Gasteiger partial charge in [-0.3, -0.25) is 9.59 Å². The number of hydrogen-bond donors (Lipinski definition) is 1. The van der Waals surface area contributed by atoms with Crippen LogP contribution >= 0.6 is 47.8 Å². The van der Waals surface area contributed by atoms with Gasteiger partial charge in [-0.1, -0.05) is 61.6 Å². The molecule has 0 unspecified atom stereocenters. The summed E-state index contributed by atoms with van der Waals surface area (Å²) >= 11 is 11.6. The monoisotopic (exact) mass is 622 g/mol. The number of ketones is 1. The topological polar surface area (TPSA) is 63.6 Å². The highest BCUT2D eigenvalue weighted by molar-refractivity contribution is 9.12. The van der Waals surface area contributed by atoms with Gasteiger partial charge in [-0.25, -0.2) is 0 Å². The highest BCUT2D eigenvalue weighted by Gasteiger charge is 2.79. The lowest BCUT2D eigenvalue weighted by atomic mass is 9.43. The molecule has 4 nitrogen and oxygen atoms in total. The molecule has 0 saturated heterocycles. The first kappa shape index (κ1) is 23.3. The maximum atomic E-state index is 13.0. The molecule has 174 valence electrons. The third kappa shape index (κ3) is 2.84. The second kappa shape index (κ2) is 7.27. The molecule has 0 bridgehead atoms. The Morgan fingerprint density at radius 2 is 1.71 bits per heavy atom. The highest BCUT2D eigenvalue weighted by Crippen LogP contribution is 2.78. The van der Waals surface area contributed by atoms with Gasteiger partial charge in [0.05, 0.1) is 5.33 Å². The molecule has 0 spiro atoms. The Morgan fingerprint density at radius 1 is 1.06 bits per heavy atom. The summed E-state index contributed by atoms with van der Waals surface area (Å²) in [4.78, 5) is 24.8. The zero-order valence-corrected chi connectivity index (χ0v) is 23.3. The molecular formula is C24H33Br3O4. The second-order valence-electron chi connectivity index (χ2n) is 11.5. The number of carbonyl (C=O) groups excluding carboxylic acids is 2. The van der Waals surface area contributed by atoms with E-state index >= 15 is 0 Å². The molecule has 7 heteroatoms. The molecule has 0 aliphatic heterocycles. The molecule has 0 radical (unpaired) electrons. The van der Waals surface area contributed by atoms with Crippen LogP contribution in [0.2, 0.25) is 0 Å². The van der Waals surface area contributed by atoms with Crippen molar-refractivity contribution in [3.63, 3.8) is 0 Å². The molecule has 1 N–H and O–H groups in total. The number of esters is 1. The summed E-state index contributed by atoms with van der Waals surface area (Å²) in [5.74, 6) is 1.88. The van der Waals surface area contributed by atoms with Crippen molar-refractivity contribution in [3.8, 4) is 0 Å². The first-order valence-electron chi connectivity index (χ1n) is 11.8. The smallest absolute Gasteiger partial charge is 0.302 e. The molecule has 5 aliphatic rings. The fourth-order valence-electron chi connectivity index (χ4n) is 9.11. The van der Waals surface area contributed by atoms with Gasteiger partial charge in [0.1, 0.15) is 11.7 Å². The number of aliphatic hydroxyl groups is 1. The summed E-state index contributed by atoms with van der Waals surface area (Å²) in [6, 6.07) is 0. The Bertz CT molecular complexity index is 821. The number of fused-ring (bicyclic) bond motifs is 7. The number of ether oxygens (including phenoxy) is 1. The second-order valence-corrected chi connectivity index (χ2v) is 14.6. The van der Waals surface area contributed by atoms with Crippen LogP contribution in [0.25, 0.3) is 0 Å². The van der Waals surface area contributed by atoms with Gasteiger partial charge in [-0.05, 0) is 73.5 Å². The van der Waals surface area contributed by atoms with Crippen LogP contribution in [-0.2, 0) is 14.3 Å². The molecular weight excluding hydrogens is 592 g/mol. The van der Waals surface area contributed by atoms with Gasteiger partial charge in [-0.2, -0.15) is 0 Å². The number of alkyl halides is 3. The van der Waals surface area contributed by atoms with Crippen molar-refractivity contribution < 1.29 is 19.4 Å². The lowest BCUT2D eigenvalue weighted by Crippen LogP contribution is -2.66. The summed E-state index contributed by atoms with van der Waals surface area (Å²) in [5, 5.41) is 12.0. The Labute approximate surface area is 210 Å². The highest BCUT2D eigenvalue weighted by atomic mass is 79.9. The number of Topliss-reactive ketones (excluding diaryl/α,β-unsaturated/α-hetero) is 1. The van der Waals surface area contributed by atoms with Gasteiger partial charge in [0, 0.05) is 27.9 Å². The van der Waals surface area contributed by atoms with Crippen LogP contribution in [0.4, 0.5) is 0 Å². The predicted molar refractivity (Wildman–Crippen MR) is 130 cm³/mol. The van der Waals surface area contributed by atoms with Crippen molar-refractivity contribution in [2.24, 2.45) is 40.4 Å². The Morgan fingerprint density at radius 3 is 2.35 bits per heavy atom. The predicted octanol–water partition coefficient (Wildman–Crippen LogP) is 5.40. The average Bonchev–Trinajstić information content (AvgIpc) is 3.45. The maximum absolute atomic E-state index is 13.0. The quantitative estimate of drug-likeness (QED) is 0.337. The van der Waals surface area contributed by atoms with E-state index in [2.05, 4.69) is 61.6 Å². The van der Waals surface area contributed by atoms with Gasteiger partial charge >= 0.3 is 5.97 Å². The fourth-order valence-corrected chi connectivity index (χ4v) is 11.7. The minimum Gasteiger partial charge on any atom is -0.463 e. The van der Waals surface area contributed by atoms with Gasteiger partial charge in [-0.15, -0.1) is 0 Å². The minimum atomic E-state index is -1.17. The zero-order valence-electron chi connectivity index (χ0n) is 18.5. The molecule has 5 aliphatic carbocycles. The van der Waals surface area contributed by atoms with E-state index in [1.165, 1.54) is 6.92 Å². The van der Waals surface area contributed by atoms with Crippen molar-refractivity contribution in [3.05, 3.63) is 0 Å². The number of hydrogen-bond acceptors (Lipinski definition) is 4. The Balaban J connectivity index is 1.49. The summed E-state index contributed by atoms with van der Waals surface area (Å²) in [6.45, 7) is 6.15. The standard InChI is InChI=1S/C24H33Br3O4/c1-12(28)31-13-4-6-21(2)16-5-7-22(3)20(15(16)9-18(26)23(21,27)10-13)14-8-17(14)24(22,30)19(29)11-25/h13-18,20,30H,4-11H2,1-3H3/t13-,14-,15+,16-,17+,18+,20-,21+,22-,23-,24-/m0/s1. The summed E-state index contributed by atoms with van der Waals surface area (Å²) in [6.07, 6.45) is 6.75. The molecule has 5 rings (SSSR count).